The molecule has 1 saturated heterocycles. The fourth-order valence-electron chi connectivity index (χ4n) is 3.18. The van der Waals surface area contributed by atoms with Gasteiger partial charge in [-0.1, -0.05) is 11.2 Å². The van der Waals surface area contributed by atoms with Crippen molar-refractivity contribution in [3.05, 3.63) is 41.5 Å². The third-order valence-corrected chi connectivity index (χ3v) is 4.45. The molecular formula is C18H22F3N3O2. The molecule has 2 aromatic rings. The summed E-state index contributed by atoms with van der Waals surface area (Å²) in [6, 6.07) is 4.98. The Morgan fingerprint density at radius 1 is 1.35 bits per heavy atom. The van der Waals surface area contributed by atoms with Crippen LogP contribution in [0.5, 0.6) is 5.75 Å². The van der Waals surface area contributed by atoms with E-state index in [4.69, 9.17) is 9.26 Å². The summed E-state index contributed by atoms with van der Waals surface area (Å²) in [5.74, 6) is 1.83. The van der Waals surface area contributed by atoms with Crippen molar-refractivity contribution in [2.24, 2.45) is 0 Å². The van der Waals surface area contributed by atoms with Crippen LogP contribution in [0.2, 0.25) is 0 Å². The first-order chi connectivity index (χ1) is 12.4. The van der Waals surface area contributed by atoms with Crippen molar-refractivity contribution in [2.45, 2.75) is 38.3 Å². The zero-order valence-corrected chi connectivity index (χ0v) is 14.6. The predicted molar refractivity (Wildman–Crippen MR) is 89.0 cm³/mol. The molecule has 0 saturated carbocycles. The first kappa shape index (κ1) is 18.7. The predicted octanol–water partition coefficient (Wildman–Crippen LogP) is 4.05. The smallest absolute Gasteiger partial charge is 0.416 e. The van der Waals surface area contributed by atoms with Gasteiger partial charge in [0.2, 0.25) is 5.89 Å². The number of ether oxygens (including phenoxy) is 1. The summed E-state index contributed by atoms with van der Waals surface area (Å²) in [6.07, 6.45) is -1.53. The molecule has 142 valence electrons. The van der Waals surface area contributed by atoms with Crippen LogP contribution in [0.4, 0.5) is 13.2 Å². The average molecular weight is 369 g/mol. The third kappa shape index (κ3) is 4.97. The quantitative estimate of drug-likeness (QED) is 0.719. The topological polar surface area (TPSA) is 51.4 Å². The van der Waals surface area contributed by atoms with Gasteiger partial charge in [0.15, 0.2) is 5.82 Å². The first-order valence-corrected chi connectivity index (χ1v) is 8.74. The highest BCUT2D eigenvalue weighted by molar-refractivity contribution is 5.30. The Balaban J connectivity index is 1.43. The van der Waals surface area contributed by atoms with E-state index in [9.17, 15) is 13.2 Å². The maximum absolute atomic E-state index is 12.7. The van der Waals surface area contributed by atoms with Crippen LogP contribution >= 0.6 is 0 Å². The Hall–Kier alpha value is -2.09. The van der Waals surface area contributed by atoms with Crippen LogP contribution in [0.3, 0.4) is 0 Å². The van der Waals surface area contributed by atoms with Gasteiger partial charge in [0.1, 0.15) is 5.75 Å². The van der Waals surface area contributed by atoms with Crippen molar-refractivity contribution in [3.63, 3.8) is 0 Å². The van der Waals surface area contributed by atoms with Gasteiger partial charge in [-0.3, -0.25) is 0 Å². The van der Waals surface area contributed by atoms with E-state index < -0.39 is 11.7 Å². The fraction of sp³-hybridized carbons (Fsp3) is 0.556. The minimum Gasteiger partial charge on any atom is -0.494 e. The third-order valence-electron chi connectivity index (χ3n) is 4.45. The summed E-state index contributed by atoms with van der Waals surface area (Å²) >= 11 is 0. The van der Waals surface area contributed by atoms with E-state index >= 15 is 0 Å². The highest BCUT2D eigenvalue weighted by Crippen LogP contribution is 2.31. The summed E-state index contributed by atoms with van der Waals surface area (Å²) in [6.45, 7) is 4.85. The van der Waals surface area contributed by atoms with Crippen LogP contribution in [-0.4, -0.2) is 41.3 Å². The van der Waals surface area contributed by atoms with Gasteiger partial charge in [0.05, 0.1) is 18.1 Å². The van der Waals surface area contributed by atoms with Gasteiger partial charge in [0.25, 0.3) is 0 Å². The largest absolute Gasteiger partial charge is 0.494 e. The van der Waals surface area contributed by atoms with Gasteiger partial charge < -0.3 is 14.2 Å². The van der Waals surface area contributed by atoms with Crippen LogP contribution < -0.4 is 4.74 Å². The lowest BCUT2D eigenvalue weighted by Gasteiger charge is -2.30. The maximum atomic E-state index is 12.7. The summed E-state index contributed by atoms with van der Waals surface area (Å²) < 4.78 is 48.8. The van der Waals surface area contributed by atoms with Crippen LogP contribution in [0.15, 0.2) is 28.8 Å². The van der Waals surface area contributed by atoms with Gasteiger partial charge >= 0.3 is 6.18 Å². The lowest BCUT2D eigenvalue weighted by molar-refractivity contribution is -0.137. The Bertz CT molecular complexity index is 718. The van der Waals surface area contributed by atoms with E-state index in [1.807, 2.05) is 0 Å². The molecule has 1 aromatic heterocycles. The number of aromatic nitrogens is 2. The van der Waals surface area contributed by atoms with Gasteiger partial charge in [-0.2, -0.15) is 18.2 Å². The van der Waals surface area contributed by atoms with Gasteiger partial charge in [0, 0.05) is 13.1 Å². The van der Waals surface area contributed by atoms with Crippen molar-refractivity contribution in [1.29, 1.82) is 0 Å². The number of nitrogens with zero attached hydrogens (tertiary/aromatic N) is 3. The van der Waals surface area contributed by atoms with E-state index in [0.29, 0.717) is 18.3 Å². The minimum absolute atomic E-state index is 0.245. The monoisotopic (exact) mass is 369 g/mol. The maximum Gasteiger partial charge on any atom is 0.416 e. The van der Waals surface area contributed by atoms with Gasteiger partial charge in [-0.25, -0.2) is 0 Å². The summed E-state index contributed by atoms with van der Waals surface area (Å²) in [4.78, 5) is 6.62. The van der Waals surface area contributed by atoms with E-state index in [1.165, 1.54) is 6.07 Å². The molecule has 5 nitrogen and oxygen atoms in total. The molecule has 0 amide bonds. The van der Waals surface area contributed by atoms with Gasteiger partial charge in [-0.05, 0) is 50.9 Å². The van der Waals surface area contributed by atoms with Crippen molar-refractivity contribution in [2.75, 3.05) is 26.2 Å². The van der Waals surface area contributed by atoms with E-state index in [2.05, 4.69) is 15.0 Å². The summed E-state index contributed by atoms with van der Waals surface area (Å²) in [7, 11) is 0. The van der Waals surface area contributed by atoms with Crippen molar-refractivity contribution < 1.29 is 22.4 Å². The van der Waals surface area contributed by atoms with Crippen LogP contribution in [0.1, 0.15) is 42.5 Å². The molecule has 1 unspecified atom stereocenters. The van der Waals surface area contributed by atoms with Crippen LogP contribution in [-0.2, 0) is 6.18 Å². The minimum atomic E-state index is -4.35. The summed E-state index contributed by atoms with van der Waals surface area (Å²) in [5.41, 5.74) is -0.691. The Morgan fingerprint density at radius 2 is 2.19 bits per heavy atom. The molecule has 1 aliphatic rings. The number of hydrogen-bond acceptors (Lipinski definition) is 5. The Kier molecular flexibility index (Phi) is 5.80. The fourth-order valence-corrected chi connectivity index (χ4v) is 3.18. The van der Waals surface area contributed by atoms with Crippen molar-refractivity contribution >= 4 is 0 Å². The Morgan fingerprint density at radius 3 is 2.92 bits per heavy atom. The molecule has 2 heterocycles. The number of piperidine rings is 1. The molecule has 0 aliphatic carbocycles. The van der Waals surface area contributed by atoms with E-state index in [0.717, 1.165) is 51.0 Å². The number of benzene rings is 1. The molecule has 0 spiro atoms. The molecule has 1 atom stereocenters. The molecule has 3 rings (SSSR count). The second-order valence-corrected chi connectivity index (χ2v) is 6.55. The molecule has 1 fully saturated rings. The first-order valence-electron chi connectivity index (χ1n) is 8.74. The number of likely N-dealkylation sites (tertiary alicyclic amines) is 1. The molecule has 1 aliphatic heterocycles. The van der Waals surface area contributed by atoms with Crippen LogP contribution in [0.25, 0.3) is 0 Å². The van der Waals surface area contributed by atoms with Gasteiger partial charge in [-0.15, -0.1) is 0 Å². The van der Waals surface area contributed by atoms with E-state index in [1.54, 1.807) is 13.0 Å². The lowest BCUT2D eigenvalue weighted by Crippen LogP contribution is -2.35. The SMILES string of the molecule is Cc1noc(C2CCCN(CCCOc3cccc(C(F)(F)F)c3)C2)n1. The summed E-state index contributed by atoms with van der Waals surface area (Å²) in [5, 5.41) is 3.85. The molecular weight excluding hydrogens is 347 g/mol. The number of hydrogen-bond donors (Lipinski definition) is 0. The zero-order valence-electron chi connectivity index (χ0n) is 14.6. The molecule has 0 N–H and O–H groups in total. The van der Waals surface area contributed by atoms with Crippen molar-refractivity contribution in [3.8, 4) is 5.75 Å². The number of rotatable bonds is 6. The molecule has 0 radical (unpaired) electrons. The van der Waals surface area contributed by atoms with Crippen molar-refractivity contribution in [1.82, 2.24) is 15.0 Å². The zero-order chi connectivity index (χ0) is 18.6. The second-order valence-electron chi connectivity index (χ2n) is 6.55. The van der Waals surface area contributed by atoms with Crippen LogP contribution in [0, 0.1) is 6.92 Å². The van der Waals surface area contributed by atoms with E-state index in [-0.39, 0.29) is 11.7 Å². The molecule has 8 heteroatoms. The number of aryl methyl sites for hydroxylation is 1. The second kappa shape index (κ2) is 8.07. The molecule has 0 bridgehead atoms. The normalized spacial score (nSPS) is 18.8. The molecule has 1 aromatic carbocycles. The lowest BCUT2D eigenvalue weighted by atomic mass is 9.98. The number of alkyl halides is 3. The highest BCUT2D eigenvalue weighted by atomic mass is 19.4. The molecule has 26 heavy (non-hydrogen) atoms. The highest BCUT2D eigenvalue weighted by Gasteiger charge is 2.30. The standard InChI is InChI=1S/C18H22F3N3O2/c1-13-22-17(26-23-13)14-5-3-8-24(12-14)9-4-10-25-16-7-2-6-15(11-16)18(19,20)21/h2,6-7,11,14H,3-5,8-10,12H2,1H3. The number of halogens is 3. The Labute approximate surface area is 150 Å². The average Bonchev–Trinajstić information content (AvgIpc) is 3.05.